The number of primary amides is 1. The van der Waals surface area contributed by atoms with Gasteiger partial charge in [0.25, 0.3) is 16.0 Å². The van der Waals surface area contributed by atoms with Gasteiger partial charge in [-0.15, -0.1) is 0 Å². The van der Waals surface area contributed by atoms with Gasteiger partial charge in [-0.1, -0.05) is 6.92 Å². The highest BCUT2D eigenvalue weighted by Crippen LogP contribution is 2.07. The fourth-order valence-electron chi connectivity index (χ4n) is 3.80. The Hall–Kier alpha value is -4.25. The van der Waals surface area contributed by atoms with Gasteiger partial charge in [0.15, 0.2) is 0 Å². The first-order chi connectivity index (χ1) is 20.1. The lowest BCUT2D eigenvalue weighted by atomic mass is 10.1. The molecule has 17 heteroatoms. The molecule has 0 aromatic heterocycles. The van der Waals surface area contributed by atoms with Crippen LogP contribution in [0.4, 0.5) is 5.69 Å². The number of nitrogens with two attached hydrogens (primary N) is 2. The molecule has 0 aliphatic carbocycles. The molecule has 0 radical (unpaired) electrons. The van der Waals surface area contributed by atoms with Gasteiger partial charge >= 0.3 is 5.97 Å². The van der Waals surface area contributed by atoms with Crippen LogP contribution >= 0.6 is 0 Å². The Labute approximate surface area is 249 Å². The van der Waals surface area contributed by atoms with Crippen molar-refractivity contribution >= 4 is 51.3 Å². The zero-order valence-electron chi connectivity index (χ0n) is 23.8. The maximum Gasteiger partial charge on any atom is 0.326 e. The topological polar surface area (TPSA) is 277 Å². The minimum Gasteiger partial charge on any atom is -0.480 e. The zero-order valence-corrected chi connectivity index (χ0v) is 24.7. The number of nitrogen functional groups attached to an aromatic ring is 1. The average Bonchev–Trinajstić information content (AvgIpc) is 2.91. The van der Waals surface area contributed by atoms with Crippen LogP contribution in [0.15, 0.2) is 24.3 Å². The molecule has 0 spiro atoms. The molecule has 240 valence electrons. The molecule has 0 aliphatic heterocycles. The second kappa shape index (κ2) is 18.3. The van der Waals surface area contributed by atoms with Crippen LogP contribution in [0.2, 0.25) is 0 Å². The van der Waals surface area contributed by atoms with E-state index in [0.717, 1.165) is 0 Å². The number of nitrogens with one attached hydrogen (secondary N) is 4. The van der Waals surface area contributed by atoms with Gasteiger partial charge in [0, 0.05) is 30.6 Å². The molecule has 43 heavy (non-hydrogen) atoms. The number of unbranched alkanes of at least 4 members (excludes halogenated alkanes) is 1. The maximum atomic E-state index is 12.7. The predicted octanol–water partition coefficient (Wildman–Crippen LogP) is -0.949. The summed E-state index contributed by atoms with van der Waals surface area (Å²) in [6, 6.07) is 2.25. The van der Waals surface area contributed by atoms with Gasteiger partial charge in [-0.25, -0.2) is 4.79 Å². The number of rotatable bonds is 20. The Bertz CT molecular complexity index is 1240. The molecular weight excluding hydrogens is 588 g/mol. The number of hydrogen-bond donors (Lipinski definition) is 8. The number of aliphatic carboxylic acids is 1. The summed E-state index contributed by atoms with van der Waals surface area (Å²) in [7, 11) is -4.47. The van der Waals surface area contributed by atoms with E-state index in [1.807, 2.05) is 0 Å². The molecule has 1 aromatic carbocycles. The van der Waals surface area contributed by atoms with E-state index in [0.29, 0.717) is 37.1 Å². The van der Waals surface area contributed by atoms with E-state index in [2.05, 4.69) is 21.3 Å². The Morgan fingerprint density at radius 1 is 0.837 bits per heavy atom. The molecular formula is C26H40N6O10S. The van der Waals surface area contributed by atoms with Crippen molar-refractivity contribution in [2.24, 2.45) is 5.73 Å². The Balaban J connectivity index is 2.61. The van der Waals surface area contributed by atoms with E-state index < -0.39 is 82.9 Å². The third-order valence-corrected chi connectivity index (χ3v) is 6.88. The molecule has 16 nitrogen and oxygen atoms in total. The third kappa shape index (κ3) is 15.5. The van der Waals surface area contributed by atoms with E-state index in [-0.39, 0.29) is 18.7 Å². The minimum absolute atomic E-state index is 0.0253. The second-order valence-corrected chi connectivity index (χ2v) is 11.4. The van der Waals surface area contributed by atoms with Crippen LogP contribution in [-0.2, 0) is 34.1 Å². The Morgan fingerprint density at radius 3 is 2.00 bits per heavy atom. The van der Waals surface area contributed by atoms with E-state index in [9.17, 15) is 42.3 Å². The lowest BCUT2D eigenvalue weighted by Gasteiger charge is -2.21. The van der Waals surface area contributed by atoms with Gasteiger partial charge in [-0.05, 0) is 62.8 Å². The number of benzene rings is 1. The van der Waals surface area contributed by atoms with Crippen molar-refractivity contribution in [3.8, 4) is 0 Å². The van der Waals surface area contributed by atoms with Crippen LogP contribution in [0.1, 0.15) is 68.6 Å². The summed E-state index contributed by atoms with van der Waals surface area (Å²) in [6.45, 7) is 2.00. The molecule has 1 aromatic rings. The number of carbonyl (C=O) groups excluding carboxylic acids is 5. The molecule has 0 saturated heterocycles. The predicted molar refractivity (Wildman–Crippen MR) is 155 cm³/mol. The van der Waals surface area contributed by atoms with Gasteiger partial charge in [-0.2, -0.15) is 8.42 Å². The van der Waals surface area contributed by atoms with Gasteiger partial charge in [0.05, 0.1) is 5.75 Å². The molecule has 5 amide bonds. The molecule has 3 unspecified atom stereocenters. The summed E-state index contributed by atoms with van der Waals surface area (Å²) in [5.41, 5.74) is 11.9. The van der Waals surface area contributed by atoms with Crippen LogP contribution in [0, 0.1) is 0 Å². The van der Waals surface area contributed by atoms with E-state index >= 15 is 0 Å². The highest BCUT2D eigenvalue weighted by Gasteiger charge is 2.28. The summed E-state index contributed by atoms with van der Waals surface area (Å²) in [4.78, 5) is 72.8. The molecule has 3 atom stereocenters. The zero-order chi connectivity index (χ0) is 32.6. The lowest BCUT2D eigenvalue weighted by molar-refractivity contribution is -0.142. The molecule has 10 N–H and O–H groups in total. The van der Waals surface area contributed by atoms with Gasteiger partial charge in [-0.3, -0.25) is 28.5 Å². The van der Waals surface area contributed by atoms with Crippen molar-refractivity contribution in [3.63, 3.8) is 0 Å². The fraction of sp³-hybridized carbons (Fsp3) is 0.538. The standard InChI is InChI=1S/C26H40N6O10S/c1-2-5-21(33)31-19(13-15-43(40,41)42)25(37)32-20(26(38)39)11-12-22(34)30-18(23(28)35)6-3-4-14-29-24(36)16-7-9-17(27)10-8-16/h7-10,18-20H,2-6,11-15,27H2,1H3,(H2,28,35)(H,29,36)(H,30,34)(H,31,33)(H,32,37)(H,38,39)(H,40,41,42). The summed E-state index contributed by atoms with van der Waals surface area (Å²) in [5, 5.41) is 19.1. The lowest BCUT2D eigenvalue weighted by Crippen LogP contribution is -2.52. The van der Waals surface area contributed by atoms with E-state index in [4.69, 9.17) is 16.0 Å². The molecule has 0 heterocycles. The van der Waals surface area contributed by atoms with Gasteiger partial charge in [0.1, 0.15) is 18.1 Å². The average molecular weight is 629 g/mol. The van der Waals surface area contributed by atoms with Crippen molar-refractivity contribution in [3.05, 3.63) is 29.8 Å². The molecule has 0 aliphatic rings. The van der Waals surface area contributed by atoms with E-state index in [1.54, 1.807) is 31.2 Å². The van der Waals surface area contributed by atoms with Crippen molar-refractivity contribution in [2.45, 2.75) is 76.4 Å². The van der Waals surface area contributed by atoms with Crippen LogP contribution in [0.5, 0.6) is 0 Å². The highest BCUT2D eigenvalue weighted by atomic mass is 32.2. The van der Waals surface area contributed by atoms with Crippen molar-refractivity contribution in [1.82, 2.24) is 21.3 Å². The third-order valence-electron chi connectivity index (χ3n) is 6.12. The smallest absolute Gasteiger partial charge is 0.326 e. The fourth-order valence-corrected chi connectivity index (χ4v) is 4.33. The van der Waals surface area contributed by atoms with Crippen LogP contribution in [-0.4, -0.2) is 84.0 Å². The largest absolute Gasteiger partial charge is 0.480 e. The molecule has 1 rings (SSSR count). The number of hydrogen-bond acceptors (Lipinski definition) is 9. The van der Waals surface area contributed by atoms with Crippen LogP contribution in [0.25, 0.3) is 0 Å². The van der Waals surface area contributed by atoms with Crippen molar-refractivity contribution in [2.75, 3.05) is 18.0 Å². The number of carboxylic acids is 1. The van der Waals surface area contributed by atoms with Crippen molar-refractivity contribution < 1.29 is 46.8 Å². The van der Waals surface area contributed by atoms with E-state index in [1.165, 1.54) is 0 Å². The Kier molecular flexibility index (Phi) is 15.7. The van der Waals surface area contributed by atoms with Crippen LogP contribution < -0.4 is 32.7 Å². The summed E-state index contributed by atoms with van der Waals surface area (Å²) >= 11 is 0. The normalized spacial score (nSPS) is 13.2. The summed E-state index contributed by atoms with van der Waals surface area (Å²) in [6.07, 6.45) is 0.165. The first-order valence-corrected chi connectivity index (χ1v) is 15.2. The quantitative estimate of drug-likeness (QED) is 0.0495. The van der Waals surface area contributed by atoms with Gasteiger partial charge < -0.3 is 37.8 Å². The number of carboxylic acid groups (broad SMARTS) is 1. The monoisotopic (exact) mass is 628 g/mol. The minimum atomic E-state index is -4.47. The molecule has 0 fully saturated rings. The molecule has 0 saturated carbocycles. The number of anilines is 1. The number of carbonyl (C=O) groups is 6. The van der Waals surface area contributed by atoms with Crippen LogP contribution in [0.3, 0.4) is 0 Å². The Morgan fingerprint density at radius 2 is 1.44 bits per heavy atom. The first-order valence-electron chi connectivity index (χ1n) is 13.6. The SMILES string of the molecule is CCCC(=O)NC(CCS(=O)(=O)O)C(=O)NC(CCC(=O)NC(CCCCNC(=O)c1ccc(N)cc1)C(N)=O)C(=O)O. The number of amides is 5. The summed E-state index contributed by atoms with van der Waals surface area (Å²) in [5.74, 6) is -5.77. The first kappa shape index (κ1) is 36.8. The highest BCUT2D eigenvalue weighted by molar-refractivity contribution is 7.85. The van der Waals surface area contributed by atoms with Gasteiger partial charge in [0.2, 0.25) is 23.6 Å². The second-order valence-electron chi connectivity index (χ2n) is 9.78. The maximum absolute atomic E-state index is 12.7. The summed E-state index contributed by atoms with van der Waals surface area (Å²) < 4.78 is 31.2. The molecule has 0 bridgehead atoms. The van der Waals surface area contributed by atoms with Crippen molar-refractivity contribution in [1.29, 1.82) is 0 Å².